The van der Waals surface area contributed by atoms with Crippen molar-refractivity contribution < 1.29 is 9.32 Å². The number of carbonyl (C=O) groups is 1. The summed E-state index contributed by atoms with van der Waals surface area (Å²) in [7, 11) is 1.92. The summed E-state index contributed by atoms with van der Waals surface area (Å²) in [4.78, 5) is 15.3. The number of anilines is 1. The highest BCUT2D eigenvalue weighted by molar-refractivity contribution is 9.11. The van der Waals surface area contributed by atoms with Gasteiger partial charge in [-0.2, -0.15) is 0 Å². The first-order chi connectivity index (χ1) is 9.45. The van der Waals surface area contributed by atoms with Crippen molar-refractivity contribution in [2.24, 2.45) is 0 Å². The van der Waals surface area contributed by atoms with Crippen LogP contribution < -0.4 is 5.32 Å². The highest BCUT2D eigenvalue weighted by atomic mass is 79.9. The Morgan fingerprint density at radius 2 is 2.35 bits per heavy atom. The number of nitrogens with one attached hydrogen (secondary N) is 1. The lowest BCUT2D eigenvalue weighted by Crippen LogP contribution is -2.38. The van der Waals surface area contributed by atoms with Crippen LogP contribution >= 0.6 is 27.3 Å². The molecule has 20 heavy (non-hydrogen) atoms. The van der Waals surface area contributed by atoms with Gasteiger partial charge in [0.25, 0.3) is 0 Å². The van der Waals surface area contributed by atoms with E-state index >= 15 is 0 Å². The molecule has 0 aliphatic heterocycles. The van der Waals surface area contributed by atoms with Crippen molar-refractivity contribution in [3.05, 3.63) is 32.6 Å². The number of hydrogen-bond acceptors (Lipinski definition) is 5. The van der Waals surface area contributed by atoms with Gasteiger partial charge in [-0.25, -0.2) is 0 Å². The minimum Gasteiger partial charge on any atom is -0.338 e. The maximum atomic E-state index is 12.1. The number of thiophene rings is 1. The molecule has 1 N–H and O–H groups in total. The Kier molecular flexibility index (Phi) is 4.95. The minimum atomic E-state index is -0.263. The molecule has 5 nitrogen and oxygen atoms in total. The maximum Gasteiger partial charge on any atom is 0.243 e. The second-order valence-corrected chi connectivity index (χ2v) is 7.17. The maximum absolute atomic E-state index is 12.1. The molecule has 0 radical (unpaired) electrons. The van der Waals surface area contributed by atoms with Crippen LogP contribution in [0.15, 0.2) is 26.5 Å². The van der Waals surface area contributed by atoms with Gasteiger partial charge in [-0.15, -0.1) is 11.3 Å². The second kappa shape index (κ2) is 6.51. The molecule has 1 atom stereocenters. The third-order valence-corrected chi connectivity index (χ3v) is 4.56. The summed E-state index contributed by atoms with van der Waals surface area (Å²) in [6.07, 6.45) is 0. The molecule has 2 aromatic heterocycles. The van der Waals surface area contributed by atoms with Gasteiger partial charge < -0.3 is 4.52 Å². The van der Waals surface area contributed by atoms with Crippen LogP contribution in [0.25, 0.3) is 0 Å². The Morgan fingerprint density at radius 3 is 2.90 bits per heavy atom. The molecule has 2 aromatic rings. The smallest absolute Gasteiger partial charge is 0.243 e. The quantitative estimate of drug-likeness (QED) is 0.891. The zero-order valence-corrected chi connectivity index (χ0v) is 13.9. The zero-order valence-electron chi connectivity index (χ0n) is 11.5. The van der Waals surface area contributed by atoms with E-state index in [4.69, 9.17) is 4.52 Å². The van der Waals surface area contributed by atoms with E-state index in [1.165, 1.54) is 4.88 Å². The van der Waals surface area contributed by atoms with Crippen LogP contribution in [0, 0.1) is 6.92 Å². The Hall–Kier alpha value is -1.18. The van der Waals surface area contributed by atoms with Crippen molar-refractivity contribution in [3.8, 4) is 0 Å². The highest BCUT2D eigenvalue weighted by Crippen LogP contribution is 2.23. The van der Waals surface area contributed by atoms with Gasteiger partial charge in [-0.05, 0) is 49.0 Å². The fourth-order valence-corrected chi connectivity index (χ4v) is 3.21. The zero-order chi connectivity index (χ0) is 14.7. The Bertz CT molecular complexity index is 596. The van der Waals surface area contributed by atoms with Gasteiger partial charge in [-0.3, -0.25) is 15.0 Å². The van der Waals surface area contributed by atoms with Crippen molar-refractivity contribution in [3.63, 3.8) is 0 Å². The van der Waals surface area contributed by atoms with Crippen LogP contribution in [0.4, 0.5) is 5.88 Å². The summed E-state index contributed by atoms with van der Waals surface area (Å²) >= 11 is 5.10. The number of halogens is 1. The van der Waals surface area contributed by atoms with E-state index in [2.05, 4.69) is 32.5 Å². The average molecular weight is 358 g/mol. The largest absolute Gasteiger partial charge is 0.338 e. The Balaban J connectivity index is 1.92. The minimum absolute atomic E-state index is 0.112. The predicted octanol–water partition coefficient (Wildman–Crippen LogP) is 3.27. The van der Waals surface area contributed by atoms with E-state index in [-0.39, 0.29) is 11.9 Å². The van der Waals surface area contributed by atoms with Crippen LogP contribution in [0.5, 0.6) is 0 Å². The summed E-state index contributed by atoms with van der Waals surface area (Å²) in [5, 5.41) is 6.46. The first kappa shape index (κ1) is 15.2. The van der Waals surface area contributed by atoms with Crippen molar-refractivity contribution in [1.29, 1.82) is 0 Å². The average Bonchev–Trinajstić information content (AvgIpc) is 2.97. The first-order valence-corrected chi connectivity index (χ1v) is 7.75. The van der Waals surface area contributed by atoms with Crippen LogP contribution in [0.3, 0.4) is 0 Å². The SMILES string of the molecule is Cc1cc(NC(=O)[C@H](C)N(C)Cc2ccc(Br)s2)on1. The highest BCUT2D eigenvalue weighted by Gasteiger charge is 2.20. The summed E-state index contributed by atoms with van der Waals surface area (Å²) < 4.78 is 6.07. The molecule has 108 valence electrons. The summed E-state index contributed by atoms with van der Waals surface area (Å²) in [6.45, 7) is 4.39. The molecule has 0 unspecified atom stereocenters. The van der Waals surface area contributed by atoms with Gasteiger partial charge in [0.1, 0.15) is 0 Å². The van der Waals surface area contributed by atoms with Crippen molar-refractivity contribution in [2.75, 3.05) is 12.4 Å². The Labute approximate surface area is 130 Å². The molecule has 1 amide bonds. The van der Waals surface area contributed by atoms with Gasteiger partial charge >= 0.3 is 0 Å². The predicted molar refractivity (Wildman–Crippen MR) is 82.8 cm³/mol. The number of aromatic nitrogens is 1. The normalized spacial score (nSPS) is 12.7. The lowest BCUT2D eigenvalue weighted by atomic mass is 10.2. The standard InChI is InChI=1S/C13H16BrN3O2S/c1-8-6-12(19-16-8)15-13(18)9(2)17(3)7-10-4-5-11(14)20-10/h4-6,9H,7H2,1-3H3,(H,15,18)/t9-/m0/s1. The number of hydrogen-bond donors (Lipinski definition) is 1. The molecular weight excluding hydrogens is 342 g/mol. The van der Waals surface area contributed by atoms with E-state index in [1.54, 1.807) is 17.4 Å². The van der Waals surface area contributed by atoms with Crippen LogP contribution in [-0.4, -0.2) is 29.1 Å². The lowest BCUT2D eigenvalue weighted by molar-refractivity contribution is -0.120. The number of likely N-dealkylation sites (N-methyl/N-ethyl adjacent to an activating group) is 1. The molecule has 7 heteroatoms. The fourth-order valence-electron chi connectivity index (χ4n) is 1.67. The second-order valence-electron chi connectivity index (χ2n) is 4.62. The van der Waals surface area contributed by atoms with Gasteiger partial charge in [0.05, 0.1) is 15.5 Å². The number of rotatable bonds is 5. The van der Waals surface area contributed by atoms with E-state index in [9.17, 15) is 4.79 Å². The topological polar surface area (TPSA) is 58.4 Å². The van der Waals surface area contributed by atoms with Gasteiger partial charge in [0.2, 0.25) is 11.8 Å². The Morgan fingerprint density at radius 1 is 1.60 bits per heavy atom. The van der Waals surface area contributed by atoms with Gasteiger partial charge in [-0.1, -0.05) is 5.16 Å². The van der Waals surface area contributed by atoms with Crippen molar-refractivity contribution >= 4 is 39.1 Å². The summed E-state index contributed by atoms with van der Waals surface area (Å²) in [5.41, 5.74) is 0.741. The molecule has 0 aromatic carbocycles. The number of nitrogens with zero attached hydrogens (tertiary/aromatic N) is 2. The molecular formula is C13H16BrN3O2S. The lowest BCUT2D eigenvalue weighted by Gasteiger charge is -2.22. The molecule has 2 rings (SSSR count). The molecule has 0 saturated heterocycles. The van der Waals surface area contributed by atoms with Crippen molar-refractivity contribution in [1.82, 2.24) is 10.1 Å². The molecule has 0 aliphatic carbocycles. The van der Waals surface area contributed by atoms with Gasteiger partial charge in [0.15, 0.2) is 0 Å². The molecule has 2 heterocycles. The van der Waals surface area contributed by atoms with Crippen LogP contribution in [-0.2, 0) is 11.3 Å². The summed E-state index contributed by atoms with van der Waals surface area (Å²) in [5.74, 6) is 0.269. The molecule has 0 aliphatic rings. The number of amides is 1. The van der Waals surface area contributed by atoms with Crippen LogP contribution in [0.2, 0.25) is 0 Å². The molecule has 0 saturated carbocycles. The molecule has 0 bridgehead atoms. The monoisotopic (exact) mass is 357 g/mol. The van der Waals surface area contributed by atoms with Crippen molar-refractivity contribution in [2.45, 2.75) is 26.4 Å². The molecule has 0 fully saturated rings. The van der Waals surface area contributed by atoms with E-state index in [1.807, 2.05) is 31.9 Å². The number of carbonyl (C=O) groups excluding carboxylic acids is 1. The van der Waals surface area contributed by atoms with E-state index < -0.39 is 0 Å². The molecule has 0 spiro atoms. The third-order valence-electron chi connectivity index (χ3n) is 2.95. The van der Waals surface area contributed by atoms with E-state index in [0.717, 1.165) is 16.0 Å². The fraction of sp³-hybridized carbons (Fsp3) is 0.385. The first-order valence-electron chi connectivity index (χ1n) is 6.14. The summed E-state index contributed by atoms with van der Waals surface area (Å²) in [6, 6.07) is 5.49. The van der Waals surface area contributed by atoms with Gasteiger partial charge in [0, 0.05) is 17.5 Å². The van der Waals surface area contributed by atoms with Crippen LogP contribution in [0.1, 0.15) is 17.5 Å². The third kappa shape index (κ3) is 3.91. The van der Waals surface area contributed by atoms with E-state index in [0.29, 0.717) is 5.88 Å². The number of aryl methyl sites for hydroxylation is 1.